The summed E-state index contributed by atoms with van der Waals surface area (Å²) in [5.74, 6) is 0. The SMILES string of the molecule is CCc1cccc(C)c1C(F)(F)F. The monoisotopic (exact) mass is 188 g/mol. The second kappa shape index (κ2) is 3.40. The summed E-state index contributed by atoms with van der Waals surface area (Å²) in [5.41, 5.74) is 0.192. The predicted molar refractivity (Wildman–Crippen MR) is 45.6 cm³/mol. The molecule has 0 bridgehead atoms. The molecule has 0 atom stereocenters. The molecule has 72 valence electrons. The van der Waals surface area contributed by atoms with E-state index in [1.54, 1.807) is 13.0 Å². The number of benzene rings is 1. The maximum absolute atomic E-state index is 12.5. The highest BCUT2D eigenvalue weighted by Crippen LogP contribution is 2.34. The fraction of sp³-hybridized carbons (Fsp3) is 0.400. The molecule has 0 spiro atoms. The van der Waals surface area contributed by atoms with E-state index >= 15 is 0 Å². The van der Waals surface area contributed by atoms with Gasteiger partial charge in [0.05, 0.1) is 5.56 Å². The number of hydrogen-bond acceptors (Lipinski definition) is 0. The van der Waals surface area contributed by atoms with Crippen molar-refractivity contribution in [3.05, 3.63) is 34.9 Å². The van der Waals surface area contributed by atoms with Crippen LogP contribution in [-0.4, -0.2) is 0 Å². The second-order valence-electron chi connectivity index (χ2n) is 2.96. The molecule has 1 rings (SSSR count). The van der Waals surface area contributed by atoms with Crippen molar-refractivity contribution >= 4 is 0 Å². The van der Waals surface area contributed by atoms with Crippen LogP contribution in [0.1, 0.15) is 23.6 Å². The first-order valence-electron chi connectivity index (χ1n) is 4.12. The fourth-order valence-corrected chi connectivity index (χ4v) is 1.43. The minimum absolute atomic E-state index is 0.298. The standard InChI is InChI=1S/C10H11F3/c1-3-8-6-4-5-7(2)9(8)10(11,12)13/h4-6H,3H2,1-2H3. The molecule has 0 aromatic heterocycles. The third-order valence-electron chi connectivity index (χ3n) is 2.02. The van der Waals surface area contributed by atoms with Crippen LogP contribution < -0.4 is 0 Å². The molecule has 0 N–H and O–H groups in total. The molecule has 0 saturated carbocycles. The van der Waals surface area contributed by atoms with Gasteiger partial charge in [-0.15, -0.1) is 0 Å². The summed E-state index contributed by atoms with van der Waals surface area (Å²) in [4.78, 5) is 0. The van der Waals surface area contributed by atoms with Crippen molar-refractivity contribution in [2.24, 2.45) is 0 Å². The number of rotatable bonds is 1. The Bertz CT molecular complexity index is 300. The van der Waals surface area contributed by atoms with E-state index in [2.05, 4.69) is 0 Å². The van der Waals surface area contributed by atoms with E-state index in [-0.39, 0.29) is 0 Å². The molecule has 0 aliphatic heterocycles. The van der Waals surface area contributed by atoms with Crippen molar-refractivity contribution in [2.75, 3.05) is 0 Å². The molecule has 0 nitrogen and oxygen atoms in total. The Morgan fingerprint density at radius 2 is 1.85 bits per heavy atom. The van der Waals surface area contributed by atoms with Gasteiger partial charge in [-0.1, -0.05) is 25.1 Å². The summed E-state index contributed by atoms with van der Waals surface area (Å²) in [7, 11) is 0. The second-order valence-corrected chi connectivity index (χ2v) is 2.96. The van der Waals surface area contributed by atoms with E-state index < -0.39 is 11.7 Å². The summed E-state index contributed by atoms with van der Waals surface area (Å²) >= 11 is 0. The van der Waals surface area contributed by atoms with E-state index in [1.165, 1.54) is 19.1 Å². The van der Waals surface area contributed by atoms with Gasteiger partial charge in [-0.3, -0.25) is 0 Å². The van der Waals surface area contributed by atoms with Crippen molar-refractivity contribution in [3.63, 3.8) is 0 Å². The van der Waals surface area contributed by atoms with Crippen LogP contribution in [0.25, 0.3) is 0 Å². The smallest absolute Gasteiger partial charge is 0.166 e. The van der Waals surface area contributed by atoms with E-state index in [0.29, 0.717) is 17.5 Å². The maximum Gasteiger partial charge on any atom is 0.416 e. The Hall–Kier alpha value is -0.990. The van der Waals surface area contributed by atoms with Crippen LogP contribution in [0.4, 0.5) is 13.2 Å². The van der Waals surface area contributed by atoms with Crippen molar-refractivity contribution < 1.29 is 13.2 Å². The zero-order chi connectivity index (χ0) is 10.1. The summed E-state index contributed by atoms with van der Waals surface area (Å²) in [6, 6.07) is 4.67. The van der Waals surface area contributed by atoms with Crippen LogP contribution in [0.3, 0.4) is 0 Å². The molecule has 0 saturated heterocycles. The summed E-state index contributed by atoms with van der Waals surface area (Å²) in [6.07, 6.45) is -3.81. The van der Waals surface area contributed by atoms with Gasteiger partial charge in [0.2, 0.25) is 0 Å². The number of alkyl halides is 3. The van der Waals surface area contributed by atoms with Crippen molar-refractivity contribution in [3.8, 4) is 0 Å². The molecule has 0 amide bonds. The van der Waals surface area contributed by atoms with Gasteiger partial charge < -0.3 is 0 Å². The molecule has 0 fully saturated rings. The predicted octanol–water partition coefficient (Wildman–Crippen LogP) is 3.58. The molecule has 1 aromatic carbocycles. The van der Waals surface area contributed by atoms with E-state index in [4.69, 9.17) is 0 Å². The van der Waals surface area contributed by atoms with Crippen molar-refractivity contribution in [1.29, 1.82) is 0 Å². The summed E-state index contributed by atoms with van der Waals surface area (Å²) < 4.78 is 37.5. The number of halogens is 3. The first kappa shape index (κ1) is 10.1. The maximum atomic E-state index is 12.5. The van der Waals surface area contributed by atoms with E-state index in [1.807, 2.05) is 0 Å². The zero-order valence-electron chi connectivity index (χ0n) is 7.57. The molecule has 13 heavy (non-hydrogen) atoms. The summed E-state index contributed by atoms with van der Waals surface area (Å²) in [5, 5.41) is 0. The third kappa shape index (κ3) is 2.02. The highest BCUT2D eigenvalue weighted by Gasteiger charge is 2.34. The Kier molecular flexibility index (Phi) is 2.64. The molecular weight excluding hydrogens is 177 g/mol. The molecule has 0 radical (unpaired) electrons. The topological polar surface area (TPSA) is 0 Å². The Morgan fingerprint density at radius 3 is 2.23 bits per heavy atom. The van der Waals surface area contributed by atoms with Gasteiger partial charge in [0.15, 0.2) is 0 Å². The van der Waals surface area contributed by atoms with Gasteiger partial charge in [0.25, 0.3) is 0 Å². The largest absolute Gasteiger partial charge is 0.416 e. The number of aryl methyl sites for hydroxylation is 2. The molecule has 1 aromatic rings. The van der Waals surface area contributed by atoms with Crippen LogP contribution in [-0.2, 0) is 12.6 Å². The minimum Gasteiger partial charge on any atom is -0.166 e. The lowest BCUT2D eigenvalue weighted by Gasteiger charge is -2.14. The van der Waals surface area contributed by atoms with Gasteiger partial charge in [-0.2, -0.15) is 13.2 Å². The summed E-state index contributed by atoms with van der Waals surface area (Å²) in [6.45, 7) is 3.21. The zero-order valence-corrected chi connectivity index (χ0v) is 7.57. The van der Waals surface area contributed by atoms with Crippen LogP contribution in [0.5, 0.6) is 0 Å². The quantitative estimate of drug-likeness (QED) is 0.632. The highest BCUT2D eigenvalue weighted by molar-refractivity contribution is 5.36. The molecule has 0 aliphatic carbocycles. The van der Waals surface area contributed by atoms with Gasteiger partial charge in [0.1, 0.15) is 0 Å². The van der Waals surface area contributed by atoms with Crippen LogP contribution >= 0.6 is 0 Å². The average Bonchev–Trinajstić information content (AvgIpc) is 2.01. The minimum atomic E-state index is -4.23. The fourth-order valence-electron chi connectivity index (χ4n) is 1.43. The lowest BCUT2D eigenvalue weighted by Crippen LogP contribution is -2.10. The average molecular weight is 188 g/mol. The third-order valence-corrected chi connectivity index (χ3v) is 2.02. The normalized spacial score (nSPS) is 11.8. The van der Waals surface area contributed by atoms with Crippen LogP contribution in [0, 0.1) is 6.92 Å². The Balaban J connectivity index is 3.32. The van der Waals surface area contributed by atoms with Gasteiger partial charge >= 0.3 is 6.18 Å². The van der Waals surface area contributed by atoms with Crippen molar-refractivity contribution in [2.45, 2.75) is 26.4 Å². The first-order chi connectivity index (χ1) is 5.96. The molecular formula is C10H11F3. The molecule has 0 aliphatic rings. The van der Waals surface area contributed by atoms with Gasteiger partial charge in [0, 0.05) is 0 Å². The lowest BCUT2D eigenvalue weighted by atomic mass is 10.00. The highest BCUT2D eigenvalue weighted by atomic mass is 19.4. The molecule has 0 heterocycles. The number of hydrogen-bond donors (Lipinski definition) is 0. The lowest BCUT2D eigenvalue weighted by molar-refractivity contribution is -0.138. The van der Waals surface area contributed by atoms with E-state index in [0.717, 1.165) is 0 Å². The van der Waals surface area contributed by atoms with Gasteiger partial charge in [-0.05, 0) is 24.5 Å². The first-order valence-corrected chi connectivity index (χ1v) is 4.12. The van der Waals surface area contributed by atoms with Gasteiger partial charge in [-0.25, -0.2) is 0 Å². The van der Waals surface area contributed by atoms with Crippen molar-refractivity contribution in [1.82, 2.24) is 0 Å². The Labute approximate surface area is 75.4 Å². The Morgan fingerprint density at radius 1 is 1.23 bits per heavy atom. The molecule has 0 unspecified atom stereocenters. The van der Waals surface area contributed by atoms with Crippen LogP contribution in [0.2, 0.25) is 0 Å². The molecule has 3 heteroatoms. The van der Waals surface area contributed by atoms with Crippen LogP contribution in [0.15, 0.2) is 18.2 Å². The van der Waals surface area contributed by atoms with E-state index in [9.17, 15) is 13.2 Å².